The Morgan fingerprint density at radius 1 is 1.43 bits per heavy atom. The van der Waals surface area contributed by atoms with Gasteiger partial charge in [-0.15, -0.1) is 0 Å². The first-order chi connectivity index (χ1) is 10.9. The maximum absolute atomic E-state index is 13.1. The van der Waals surface area contributed by atoms with Crippen LogP contribution in [0.2, 0.25) is 0 Å². The zero-order valence-corrected chi connectivity index (χ0v) is 12.3. The number of nitrogens with zero attached hydrogens (tertiary/aromatic N) is 3. The summed E-state index contributed by atoms with van der Waals surface area (Å²) < 4.78 is 41.8. The lowest BCUT2D eigenvalue weighted by molar-refractivity contribution is 0.00629. The molecule has 0 saturated carbocycles. The minimum absolute atomic E-state index is 0.169. The van der Waals surface area contributed by atoms with Gasteiger partial charge in [-0.1, -0.05) is 0 Å². The van der Waals surface area contributed by atoms with Gasteiger partial charge in [-0.3, -0.25) is 9.67 Å². The van der Waals surface area contributed by atoms with Gasteiger partial charge in [0.05, 0.1) is 17.5 Å². The molecule has 0 radical (unpaired) electrons. The third kappa shape index (κ3) is 3.26. The first-order valence-corrected chi connectivity index (χ1v) is 6.35. The summed E-state index contributed by atoms with van der Waals surface area (Å²) in [6, 6.07) is 2.53. The molecule has 0 atom stereocenters. The highest BCUT2D eigenvalue weighted by molar-refractivity contribution is 5.95. The molecule has 2 aromatic rings. The van der Waals surface area contributed by atoms with Crippen LogP contribution in [-0.4, -0.2) is 26.3 Å². The molecule has 2 heterocycles. The number of hydrogen-bond acceptors (Lipinski definition) is 4. The molecule has 112 valence electrons. The van der Waals surface area contributed by atoms with Gasteiger partial charge < -0.3 is 4.74 Å². The molecule has 0 bridgehead atoms. The fourth-order valence-corrected chi connectivity index (χ4v) is 1.80. The van der Waals surface area contributed by atoms with Crippen molar-refractivity contribution in [3.63, 3.8) is 0 Å². The van der Waals surface area contributed by atoms with Crippen molar-refractivity contribution in [3.8, 4) is 11.3 Å². The highest BCUT2D eigenvalue weighted by Crippen LogP contribution is 2.27. The number of esters is 1. The number of ether oxygens (including phenoxy) is 1. The van der Waals surface area contributed by atoms with E-state index in [0.29, 0.717) is 0 Å². The molecule has 0 aromatic carbocycles. The number of aryl methyl sites for hydroxylation is 1. The molecule has 0 unspecified atom stereocenters. The Morgan fingerprint density at radius 3 is 2.67 bits per heavy atom. The highest BCUT2D eigenvalue weighted by atomic mass is 19.1. The number of carbonyl (C=O) groups excluding carboxylic acids is 1. The van der Waals surface area contributed by atoms with Crippen molar-refractivity contribution in [2.75, 3.05) is 0 Å². The van der Waals surface area contributed by atoms with Gasteiger partial charge in [0.15, 0.2) is 5.69 Å². The summed E-state index contributed by atoms with van der Waals surface area (Å²) in [5, 5.41) is 3.91. The Labute approximate surface area is 127 Å². The molecule has 5 nitrogen and oxygen atoms in total. The van der Waals surface area contributed by atoms with Crippen LogP contribution in [-0.2, 0) is 11.7 Å². The Bertz CT molecular complexity index is 762. The molecule has 2 aromatic heterocycles. The van der Waals surface area contributed by atoms with Crippen molar-refractivity contribution in [3.05, 3.63) is 35.5 Å². The van der Waals surface area contributed by atoms with E-state index in [9.17, 15) is 9.18 Å². The molecule has 0 aliphatic carbocycles. The number of pyridine rings is 1. The van der Waals surface area contributed by atoms with E-state index in [1.807, 2.05) is 0 Å². The first kappa shape index (κ1) is 11.4. The third-order valence-electron chi connectivity index (χ3n) is 2.69. The number of rotatable bonds is 2. The van der Waals surface area contributed by atoms with Gasteiger partial charge in [0, 0.05) is 16.8 Å². The largest absolute Gasteiger partial charge is 0.455 e. The molecular formula is C15H18FN3O2. The predicted molar refractivity (Wildman–Crippen MR) is 76.3 cm³/mol. The van der Waals surface area contributed by atoms with Crippen LogP contribution in [0.3, 0.4) is 0 Å². The van der Waals surface area contributed by atoms with Crippen LogP contribution in [0.5, 0.6) is 0 Å². The van der Waals surface area contributed by atoms with Gasteiger partial charge in [-0.2, -0.15) is 5.10 Å². The molecule has 0 aliphatic heterocycles. The normalized spacial score (nSPS) is 14.2. The van der Waals surface area contributed by atoms with Crippen LogP contribution >= 0.6 is 0 Å². The lowest BCUT2D eigenvalue weighted by Crippen LogP contribution is -2.24. The Balaban J connectivity index is 2.64. The zero-order valence-electron chi connectivity index (χ0n) is 15.3. The van der Waals surface area contributed by atoms with Gasteiger partial charge in [-0.25, -0.2) is 9.18 Å². The molecule has 2 rings (SSSR count). The standard InChI is InChI=1S/C15H18FN3O2/c1-9-12(11-7-6-10(16)8-17-11)13(18-19(9)5)14(20)21-15(2,3)4/h6-8H,1-5H3/i5D3. The minimum atomic E-state index is -2.57. The molecule has 21 heavy (non-hydrogen) atoms. The summed E-state index contributed by atoms with van der Waals surface area (Å²) in [5.41, 5.74) is -0.277. The van der Waals surface area contributed by atoms with E-state index >= 15 is 0 Å². The van der Waals surface area contributed by atoms with Gasteiger partial charge in [-0.05, 0) is 39.8 Å². The number of halogens is 1. The number of carbonyl (C=O) groups is 1. The van der Waals surface area contributed by atoms with E-state index in [1.54, 1.807) is 20.8 Å². The summed E-state index contributed by atoms with van der Waals surface area (Å²) in [5.74, 6) is -1.31. The van der Waals surface area contributed by atoms with Crippen LogP contribution in [0.4, 0.5) is 4.39 Å². The zero-order chi connectivity index (χ0) is 18.3. The molecule has 0 saturated heterocycles. The summed E-state index contributed by atoms with van der Waals surface area (Å²) in [7, 11) is 0. The van der Waals surface area contributed by atoms with Gasteiger partial charge in [0.25, 0.3) is 0 Å². The quantitative estimate of drug-likeness (QED) is 0.799. The van der Waals surface area contributed by atoms with Gasteiger partial charge >= 0.3 is 5.97 Å². The molecule has 0 amide bonds. The molecule has 0 fully saturated rings. The van der Waals surface area contributed by atoms with E-state index in [-0.39, 0.29) is 22.6 Å². The van der Waals surface area contributed by atoms with Crippen molar-refractivity contribution < 1.29 is 18.0 Å². The van der Waals surface area contributed by atoms with Crippen LogP contribution in [0.15, 0.2) is 18.3 Å². The highest BCUT2D eigenvalue weighted by Gasteiger charge is 2.26. The Morgan fingerprint density at radius 2 is 2.14 bits per heavy atom. The summed E-state index contributed by atoms with van der Waals surface area (Å²) >= 11 is 0. The van der Waals surface area contributed by atoms with Crippen LogP contribution < -0.4 is 0 Å². The fourth-order valence-electron chi connectivity index (χ4n) is 1.80. The summed E-state index contributed by atoms with van der Waals surface area (Å²) in [6.45, 7) is 4.00. The van der Waals surface area contributed by atoms with Crippen LogP contribution in [0, 0.1) is 12.7 Å². The summed E-state index contributed by atoms with van der Waals surface area (Å²) in [4.78, 5) is 16.4. The SMILES string of the molecule is [2H]C([2H])([2H])n1nc(C(=O)OC(C)(C)C)c(-c2ccc(F)cn2)c1C. The van der Waals surface area contributed by atoms with Crippen molar-refractivity contribution >= 4 is 5.97 Å². The second-order valence-corrected chi connectivity index (χ2v) is 5.58. The second-order valence-electron chi connectivity index (χ2n) is 5.58. The lowest BCUT2D eigenvalue weighted by atomic mass is 10.1. The van der Waals surface area contributed by atoms with E-state index in [1.165, 1.54) is 19.1 Å². The number of hydrogen-bond donors (Lipinski definition) is 0. The second kappa shape index (κ2) is 5.27. The first-order valence-electron chi connectivity index (χ1n) is 7.85. The van der Waals surface area contributed by atoms with Crippen molar-refractivity contribution in [1.29, 1.82) is 0 Å². The predicted octanol–water partition coefficient (Wildman–Crippen LogP) is 2.88. The topological polar surface area (TPSA) is 57.0 Å². The van der Waals surface area contributed by atoms with Gasteiger partial charge in [0.1, 0.15) is 11.4 Å². The van der Waals surface area contributed by atoms with Crippen LogP contribution in [0.1, 0.15) is 41.1 Å². The molecule has 0 spiro atoms. The monoisotopic (exact) mass is 294 g/mol. The average Bonchev–Trinajstić information content (AvgIpc) is 2.75. The third-order valence-corrected chi connectivity index (χ3v) is 2.69. The number of aromatic nitrogens is 3. The van der Waals surface area contributed by atoms with Crippen molar-refractivity contribution in [2.24, 2.45) is 6.98 Å². The van der Waals surface area contributed by atoms with E-state index < -0.39 is 24.4 Å². The molecule has 6 heteroatoms. The van der Waals surface area contributed by atoms with Crippen molar-refractivity contribution in [1.82, 2.24) is 14.8 Å². The molecular weight excluding hydrogens is 273 g/mol. The maximum atomic E-state index is 13.1. The van der Waals surface area contributed by atoms with Crippen molar-refractivity contribution in [2.45, 2.75) is 33.3 Å². The maximum Gasteiger partial charge on any atom is 0.360 e. The smallest absolute Gasteiger partial charge is 0.360 e. The fraction of sp³-hybridized carbons (Fsp3) is 0.400. The van der Waals surface area contributed by atoms with E-state index in [2.05, 4.69) is 10.1 Å². The Kier molecular flexibility index (Phi) is 2.87. The van der Waals surface area contributed by atoms with E-state index in [4.69, 9.17) is 8.85 Å². The van der Waals surface area contributed by atoms with E-state index in [0.717, 1.165) is 10.9 Å². The summed E-state index contributed by atoms with van der Waals surface area (Å²) in [6.07, 6.45) is 0.986. The molecule has 0 N–H and O–H groups in total. The minimum Gasteiger partial charge on any atom is -0.455 e. The van der Waals surface area contributed by atoms with Crippen LogP contribution in [0.25, 0.3) is 11.3 Å². The Hall–Kier alpha value is -2.24. The average molecular weight is 294 g/mol. The lowest BCUT2D eigenvalue weighted by Gasteiger charge is -2.19. The molecule has 0 aliphatic rings. The van der Waals surface area contributed by atoms with Gasteiger partial charge in [0.2, 0.25) is 0 Å².